The molecule has 2 rings (SSSR count). The molecule has 0 bridgehead atoms. The highest BCUT2D eigenvalue weighted by Gasteiger charge is 2.42. The molecule has 0 spiro atoms. The fourth-order valence-corrected chi connectivity index (χ4v) is 2.38. The first kappa shape index (κ1) is 11.9. The number of nitrogens with zero attached hydrogens (tertiary/aromatic N) is 4. The van der Waals surface area contributed by atoms with Crippen molar-refractivity contribution in [2.75, 3.05) is 20.1 Å². The van der Waals surface area contributed by atoms with E-state index >= 15 is 0 Å². The van der Waals surface area contributed by atoms with Crippen LogP contribution in [0.2, 0.25) is 0 Å². The number of β-amino-alcohol motifs (C(OH)–C–C–N with tert-alkyl or cyclic N) is 1. The predicted octanol–water partition coefficient (Wildman–Crippen LogP) is 1.89. The van der Waals surface area contributed by atoms with Gasteiger partial charge in [-0.2, -0.15) is 0 Å². The predicted molar refractivity (Wildman–Crippen MR) is 65.4 cm³/mol. The van der Waals surface area contributed by atoms with Crippen LogP contribution in [-0.4, -0.2) is 36.2 Å². The number of aliphatic hydroxyl groups is 1. The minimum atomic E-state index is -0.817. The number of likely N-dealkylation sites (N-methyl/N-ethyl adjacent to an activating group) is 1. The molecular weight excluding hydrogens is 216 g/mol. The van der Waals surface area contributed by atoms with Gasteiger partial charge in [-0.15, -0.1) is 0 Å². The molecule has 0 saturated carbocycles. The number of aliphatic hydroxyl groups excluding tert-OH is 1. The van der Waals surface area contributed by atoms with E-state index in [2.05, 4.69) is 10.0 Å². The van der Waals surface area contributed by atoms with Gasteiger partial charge in [0, 0.05) is 11.5 Å². The summed E-state index contributed by atoms with van der Waals surface area (Å²) in [4.78, 5) is 4.97. The van der Waals surface area contributed by atoms with Crippen LogP contribution in [-0.2, 0) is 5.54 Å². The largest absolute Gasteiger partial charge is 0.391 e. The monoisotopic (exact) mass is 232 g/mol. The van der Waals surface area contributed by atoms with Crippen LogP contribution in [0.3, 0.4) is 0 Å². The first-order valence-corrected chi connectivity index (χ1v) is 5.67. The van der Waals surface area contributed by atoms with Crippen molar-refractivity contribution >= 4 is 0 Å². The normalized spacial score (nSPS) is 29.6. The Morgan fingerprint density at radius 2 is 2.18 bits per heavy atom. The minimum Gasteiger partial charge on any atom is -0.391 e. The molecule has 1 saturated heterocycles. The molecule has 5 heteroatoms. The van der Waals surface area contributed by atoms with E-state index in [0.717, 1.165) is 12.1 Å². The van der Waals surface area contributed by atoms with E-state index in [1.165, 1.54) is 0 Å². The highest BCUT2D eigenvalue weighted by molar-refractivity contribution is 5.27. The first-order chi connectivity index (χ1) is 8.19. The summed E-state index contributed by atoms with van der Waals surface area (Å²) in [6.07, 6.45) is -0.0294. The Morgan fingerprint density at radius 1 is 1.47 bits per heavy atom. The first-order valence-electron chi connectivity index (χ1n) is 5.67. The molecule has 1 heterocycles. The molecule has 0 aliphatic carbocycles. The van der Waals surface area contributed by atoms with Crippen molar-refractivity contribution < 1.29 is 5.11 Å². The number of piperidine rings is 1. The van der Waals surface area contributed by atoms with Gasteiger partial charge in [0.1, 0.15) is 5.54 Å². The van der Waals surface area contributed by atoms with E-state index in [4.69, 9.17) is 5.53 Å². The van der Waals surface area contributed by atoms with Gasteiger partial charge in [0.25, 0.3) is 0 Å². The minimum absolute atomic E-state index is 0.522. The molecule has 0 aromatic heterocycles. The van der Waals surface area contributed by atoms with Gasteiger partial charge in [0.2, 0.25) is 0 Å². The summed E-state index contributed by atoms with van der Waals surface area (Å²) in [5.41, 5.74) is 8.83. The van der Waals surface area contributed by atoms with E-state index in [1.807, 2.05) is 42.3 Å². The Labute approximate surface area is 100 Å². The van der Waals surface area contributed by atoms with Crippen LogP contribution in [0.4, 0.5) is 0 Å². The van der Waals surface area contributed by atoms with Crippen LogP contribution in [0, 0.1) is 0 Å². The summed E-state index contributed by atoms with van der Waals surface area (Å²) < 4.78 is 0. The number of azide groups is 1. The van der Waals surface area contributed by atoms with Crippen molar-refractivity contribution in [3.8, 4) is 0 Å². The van der Waals surface area contributed by atoms with Gasteiger partial charge in [0.05, 0.1) is 6.10 Å². The summed E-state index contributed by atoms with van der Waals surface area (Å²) in [5.74, 6) is 0. The average molecular weight is 232 g/mol. The van der Waals surface area contributed by atoms with Crippen LogP contribution in [0.5, 0.6) is 0 Å². The quantitative estimate of drug-likeness (QED) is 0.480. The molecule has 2 unspecified atom stereocenters. The van der Waals surface area contributed by atoms with Crippen molar-refractivity contribution in [1.29, 1.82) is 0 Å². The lowest BCUT2D eigenvalue weighted by Crippen LogP contribution is -2.51. The summed E-state index contributed by atoms with van der Waals surface area (Å²) in [6.45, 7) is 1.33. The Morgan fingerprint density at radius 3 is 2.76 bits per heavy atom. The van der Waals surface area contributed by atoms with Crippen molar-refractivity contribution in [2.45, 2.75) is 18.1 Å². The van der Waals surface area contributed by atoms with Gasteiger partial charge in [-0.05, 0) is 31.1 Å². The zero-order valence-corrected chi connectivity index (χ0v) is 9.82. The lowest BCUT2D eigenvalue weighted by molar-refractivity contribution is 0.0112. The standard InChI is InChI=1S/C12H16N4O/c1-16-8-7-12(14-15-13,11(17)9-16)10-5-3-2-4-6-10/h2-6,11,17H,7-9H2,1H3. The maximum Gasteiger partial charge on any atom is 0.102 e. The number of hydrogen-bond donors (Lipinski definition) is 1. The van der Waals surface area contributed by atoms with Crippen LogP contribution in [0.15, 0.2) is 35.4 Å². The van der Waals surface area contributed by atoms with Gasteiger partial charge in [-0.1, -0.05) is 35.4 Å². The molecule has 0 radical (unpaired) electrons. The molecule has 2 atom stereocenters. The van der Waals surface area contributed by atoms with Crippen molar-refractivity contribution in [2.24, 2.45) is 5.11 Å². The van der Waals surface area contributed by atoms with Gasteiger partial charge in [-0.25, -0.2) is 0 Å². The zero-order chi connectivity index (χ0) is 12.3. The highest BCUT2D eigenvalue weighted by Crippen LogP contribution is 2.36. The Bertz CT molecular complexity index is 429. The number of hydrogen-bond acceptors (Lipinski definition) is 3. The lowest BCUT2D eigenvalue weighted by atomic mass is 9.79. The third-order valence-electron chi connectivity index (χ3n) is 3.41. The SMILES string of the molecule is CN1CCC(N=[N+]=[N-])(c2ccccc2)C(O)C1. The second kappa shape index (κ2) is 4.75. The smallest absolute Gasteiger partial charge is 0.102 e. The van der Waals surface area contributed by atoms with Crippen LogP contribution in [0.1, 0.15) is 12.0 Å². The number of benzene rings is 1. The Hall–Kier alpha value is -1.55. The molecule has 1 fully saturated rings. The average Bonchev–Trinajstić information content (AvgIpc) is 2.34. The van der Waals surface area contributed by atoms with Gasteiger partial charge < -0.3 is 10.0 Å². The molecule has 90 valence electrons. The molecule has 1 N–H and O–H groups in total. The summed E-state index contributed by atoms with van der Waals surface area (Å²) >= 11 is 0. The van der Waals surface area contributed by atoms with E-state index in [1.54, 1.807) is 0 Å². The third-order valence-corrected chi connectivity index (χ3v) is 3.41. The molecule has 1 aliphatic rings. The van der Waals surface area contributed by atoms with Crippen molar-refractivity contribution in [3.05, 3.63) is 46.3 Å². The lowest BCUT2D eigenvalue weighted by Gasteiger charge is -2.41. The molecular formula is C12H16N4O. The van der Waals surface area contributed by atoms with Crippen LogP contribution >= 0.6 is 0 Å². The second-order valence-corrected chi connectivity index (χ2v) is 4.51. The molecule has 1 aromatic carbocycles. The molecule has 17 heavy (non-hydrogen) atoms. The van der Waals surface area contributed by atoms with E-state index in [0.29, 0.717) is 13.0 Å². The number of rotatable bonds is 2. The Kier molecular flexibility index (Phi) is 3.33. The molecule has 1 aromatic rings. The summed E-state index contributed by atoms with van der Waals surface area (Å²) in [5, 5.41) is 14.2. The van der Waals surface area contributed by atoms with Crippen LogP contribution in [0.25, 0.3) is 10.4 Å². The maximum atomic E-state index is 10.3. The molecule has 0 amide bonds. The highest BCUT2D eigenvalue weighted by atomic mass is 16.3. The second-order valence-electron chi connectivity index (χ2n) is 4.51. The maximum absolute atomic E-state index is 10.3. The fourth-order valence-electron chi connectivity index (χ4n) is 2.38. The fraction of sp³-hybridized carbons (Fsp3) is 0.500. The van der Waals surface area contributed by atoms with Gasteiger partial charge in [0.15, 0.2) is 0 Å². The number of likely N-dealkylation sites (tertiary alicyclic amines) is 1. The molecule has 1 aliphatic heterocycles. The third kappa shape index (κ3) is 2.13. The van der Waals surface area contributed by atoms with E-state index < -0.39 is 11.6 Å². The summed E-state index contributed by atoms with van der Waals surface area (Å²) in [7, 11) is 1.95. The van der Waals surface area contributed by atoms with Crippen molar-refractivity contribution in [3.63, 3.8) is 0 Å². The van der Waals surface area contributed by atoms with Crippen LogP contribution < -0.4 is 0 Å². The Balaban J connectivity index is 2.43. The van der Waals surface area contributed by atoms with Gasteiger partial charge >= 0.3 is 0 Å². The van der Waals surface area contributed by atoms with E-state index in [-0.39, 0.29) is 0 Å². The molecule has 5 nitrogen and oxygen atoms in total. The van der Waals surface area contributed by atoms with E-state index in [9.17, 15) is 5.11 Å². The summed E-state index contributed by atoms with van der Waals surface area (Å²) in [6, 6.07) is 9.52. The van der Waals surface area contributed by atoms with Gasteiger partial charge in [-0.3, -0.25) is 0 Å². The topological polar surface area (TPSA) is 72.2 Å². The van der Waals surface area contributed by atoms with Crippen molar-refractivity contribution in [1.82, 2.24) is 4.90 Å². The zero-order valence-electron chi connectivity index (χ0n) is 9.82.